The van der Waals surface area contributed by atoms with Crippen LogP contribution in [0.3, 0.4) is 0 Å². The number of carbonyl (C=O) groups is 1. The lowest BCUT2D eigenvalue weighted by Gasteiger charge is -2.15. The van der Waals surface area contributed by atoms with Gasteiger partial charge in [-0.2, -0.15) is 0 Å². The third kappa shape index (κ3) is 2.86. The predicted octanol–water partition coefficient (Wildman–Crippen LogP) is 3.16. The van der Waals surface area contributed by atoms with Gasteiger partial charge in [0.25, 0.3) is 0 Å². The molecule has 0 N–H and O–H groups in total. The average molecular weight is 393 g/mol. The number of halogens is 2. The molecule has 0 radical (unpaired) electrons. The van der Waals surface area contributed by atoms with Crippen LogP contribution in [0.5, 0.6) is 0 Å². The monoisotopic (exact) mass is 392 g/mol. The van der Waals surface area contributed by atoms with Gasteiger partial charge in [-0.15, -0.1) is 11.6 Å². The fourth-order valence-electron chi connectivity index (χ4n) is 2.09. The zero-order valence-electron chi connectivity index (χ0n) is 10.7. The highest BCUT2D eigenvalue weighted by molar-refractivity contribution is 14.1. The lowest BCUT2D eigenvalue weighted by atomic mass is 10.2. The molecule has 1 atom stereocenters. The second-order valence-electron chi connectivity index (χ2n) is 4.17. The molecule has 0 fully saturated rings. The molecule has 0 aliphatic carbocycles. The van der Waals surface area contributed by atoms with Gasteiger partial charge in [-0.05, 0) is 47.7 Å². The molecule has 1 heterocycles. The molecule has 1 unspecified atom stereocenters. The number of benzene rings is 1. The summed E-state index contributed by atoms with van der Waals surface area (Å²) in [7, 11) is 1.39. The van der Waals surface area contributed by atoms with Crippen molar-refractivity contribution >= 4 is 51.2 Å². The number of hydrogen-bond acceptors (Lipinski definition) is 3. The number of nitrogens with zero attached hydrogens (tertiary/aromatic N) is 2. The summed E-state index contributed by atoms with van der Waals surface area (Å²) >= 11 is 8.06. The van der Waals surface area contributed by atoms with E-state index in [9.17, 15) is 4.79 Å². The molecule has 6 heteroatoms. The Morgan fingerprint density at radius 3 is 2.95 bits per heavy atom. The first-order chi connectivity index (χ1) is 9.08. The first kappa shape index (κ1) is 14.6. The first-order valence-electron chi connectivity index (χ1n) is 5.88. The molecule has 0 amide bonds. The molecule has 0 spiro atoms. The van der Waals surface area contributed by atoms with E-state index in [4.69, 9.17) is 16.3 Å². The third-order valence-electron chi connectivity index (χ3n) is 2.97. The maximum absolute atomic E-state index is 11.8. The number of imidazole rings is 1. The number of rotatable bonds is 4. The molecular formula is C13H14ClIN2O2. The van der Waals surface area contributed by atoms with Crippen molar-refractivity contribution < 1.29 is 9.53 Å². The zero-order chi connectivity index (χ0) is 14.0. The quantitative estimate of drug-likeness (QED) is 0.456. The van der Waals surface area contributed by atoms with Crippen molar-refractivity contribution in [2.45, 2.75) is 19.4 Å². The van der Waals surface area contributed by atoms with Gasteiger partial charge in [-0.3, -0.25) is 0 Å². The average Bonchev–Trinajstić information content (AvgIpc) is 2.74. The summed E-state index contributed by atoms with van der Waals surface area (Å²) < 4.78 is 7.83. The maximum atomic E-state index is 11.8. The van der Waals surface area contributed by atoms with Crippen molar-refractivity contribution in [3.8, 4) is 0 Å². The highest BCUT2D eigenvalue weighted by Crippen LogP contribution is 2.24. The molecule has 0 saturated heterocycles. The molecule has 19 heavy (non-hydrogen) atoms. The summed E-state index contributed by atoms with van der Waals surface area (Å²) in [6.07, 6.45) is 0.619. The van der Waals surface area contributed by atoms with Crippen LogP contribution in [0.4, 0.5) is 0 Å². The Kier molecular flexibility index (Phi) is 4.67. The van der Waals surface area contributed by atoms with E-state index in [0.717, 1.165) is 20.4 Å². The predicted molar refractivity (Wildman–Crippen MR) is 83.6 cm³/mol. The van der Waals surface area contributed by atoms with Gasteiger partial charge in [-0.25, -0.2) is 9.78 Å². The minimum absolute atomic E-state index is 0.284. The normalized spacial score (nSPS) is 12.6. The van der Waals surface area contributed by atoms with Gasteiger partial charge in [0.05, 0.1) is 18.1 Å². The number of aromatic nitrogens is 2. The highest BCUT2D eigenvalue weighted by Gasteiger charge is 2.21. The summed E-state index contributed by atoms with van der Waals surface area (Å²) in [6.45, 7) is 1.81. The Labute approximate surface area is 130 Å². The van der Waals surface area contributed by atoms with Crippen LogP contribution < -0.4 is 0 Å². The second-order valence-corrected chi connectivity index (χ2v) is 5.79. The van der Waals surface area contributed by atoms with Crippen molar-refractivity contribution in [3.63, 3.8) is 0 Å². The standard InChI is InChI=1S/C13H14ClIN2O2/c1-8(13(18)19-2)17-11-4-3-9(15)7-10(11)16-12(17)5-6-14/h3-4,7-8H,5-6H2,1-2H3. The summed E-state index contributed by atoms with van der Waals surface area (Å²) in [5.74, 6) is 0.993. The van der Waals surface area contributed by atoms with Gasteiger partial charge in [0.15, 0.2) is 0 Å². The summed E-state index contributed by atoms with van der Waals surface area (Å²) in [5.41, 5.74) is 1.81. The number of fused-ring (bicyclic) bond motifs is 1. The Balaban J connectivity index is 2.61. The van der Waals surface area contributed by atoms with E-state index < -0.39 is 6.04 Å². The highest BCUT2D eigenvalue weighted by atomic mass is 127. The molecule has 102 valence electrons. The molecule has 1 aromatic carbocycles. The molecule has 2 aromatic rings. The van der Waals surface area contributed by atoms with Gasteiger partial charge in [0.2, 0.25) is 0 Å². The number of hydrogen-bond donors (Lipinski definition) is 0. The zero-order valence-corrected chi connectivity index (χ0v) is 13.6. The van der Waals surface area contributed by atoms with Crippen molar-refractivity contribution in [3.05, 3.63) is 27.6 Å². The molecule has 4 nitrogen and oxygen atoms in total. The van der Waals surface area contributed by atoms with Gasteiger partial charge in [0.1, 0.15) is 11.9 Å². The summed E-state index contributed by atoms with van der Waals surface area (Å²) in [6, 6.07) is 5.55. The van der Waals surface area contributed by atoms with Crippen molar-refractivity contribution in [1.82, 2.24) is 9.55 Å². The number of ether oxygens (including phenoxy) is 1. The largest absolute Gasteiger partial charge is 0.467 e. The van der Waals surface area contributed by atoms with Crippen LogP contribution >= 0.6 is 34.2 Å². The van der Waals surface area contributed by atoms with Crippen molar-refractivity contribution in [1.29, 1.82) is 0 Å². The van der Waals surface area contributed by atoms with E-state index in [1.807, 2.05) is 29.7 Å². The van der Waals surface area contributed by atoms with E-state index in [1.165, 1.54) is 7.11 Å². The van der Waals surface area contributed by atoms with Gasteiger partial charge >= 0.3 is 5.97 Å². The van der Waals surface area contributed by atoms with Crippen LogP contribution in [0.2, 0.25) is 0 Å². The molecule has 0 bridgehead atoms. The second kappa shape index (κ2) is 6.09. The Morgan fingerprint density at radius 2 is 2.32 bits per heavy atom. The van der Waals surface area contributed by atoms with E-state index >= 15 is 0 Å². The van der Waals surface area contributed by atoms with E-state index in [-0.39, 0.29) is 5.97 Å². The maximum Gasteiger partial charge on any atom is 0.328 e. The number of alkyl halides is 1. The molecular weight excluding hydrogens is 379 g/mol. The van der Waals surface area contributed by atoms with E-state index in [1.54, 1.807) is 0 Å². The lowest BCUT2D eigenvalue weighted by molar-refractivity contribution is -0.143. The fourth-order valence-corrected chi connectivity index (χ4v) is 2.73. The van der Waals surface area contributed by atoms with Crippen molar-refractivity contribution in [2.75, 3.05) is 13.0 Å². The molecule has 0 aliphatic heterocycles. The third-order valence-corrected chi connectivity index (χ3v) is 3.83. The molecule has 2 rings (SSSR count). The minimum Gasteiger partial charge on any atom is -0.467 e. The van der Waals surface area contributed by atoms with Crippen LogP contribution in [-0.4, -0.2) is 28.5 Å². The topological polar surface area (TPSA) is 44.1 Å². The molecule has 1 aromatic heterocycles. The van der Waals surface area contributed by atoms with Crippen molar-refractivity contribution in [2.24, 2.45) is 0 Å². The fraction of sp³-hybridized carbons (Fsp3) is 0.385. The van der Waals surface area contributed by atoms with Crippen LogP contribution in [0.25, 0.3) is 11.0 Å². The van der Waals surface area contributed by atoms with Gasteiger partial charge < -0.3 is 9.30 Å². The summed E-state index contributed by atoms with van der Waals surface area (Å²) in [5, 5.41) is 0. The summed E-state index contributed by atoms with van der Waals surface area (Å²) in [4.78, 5) is 16.3. The van der Waals surface area contributed by atoms with Crippen LogP contribution in [0, 0.1) is 3.57 Å². The van der Waals surface area contributed by atoms with E-state index in [2.05, 4.69) is 27.6 Å². The number of aryl methyl sites for hydroxylation is 1. The number of methoxy groups -OCH3 is 1. The van der Waals surface area contributed by atoms with Gasteiger partial charge in [0, 0.05) is 15.9 Å². The van der Waals surface area contributed by atoms with Crippen LogP contribution in [-0.2, 0) is 16.0 Å². The Bertz CT molecular complexity index is 612. The Hall–Kier alpha value is -0.820. The molecule has 0 saturated carbocycles. The number of carbonyl (C=O) groups excluding carboxylic acids is 1. The van der Waals surface area contributed by atoms with Gasteiger partial charge in [-0.1, -0.05) is 0 Å². The van der Waals surface area contributed by atoms with Crippen LogP contribution in [0.1, 0.15) is 18.8 Å². The Morgan fingerprint density at radius 1 is 1.58 bits per heavy atom. The minimum atomic E-state index is -0.409. The first-order valence-corrected chi connectivity index (χ1v) is 7.50. The van der Waals surface area contributed by atoms with Crippen LogP contribution in [0.15, 0.2) is 18.2 Å². The van der Waals surface area contributed by atoms with E-state index in [0.29, 0.717) is 12.3 Å². The molecule has 0 aliphatic rings. The SMILES string of the molecule is COC(=O)C(C)n1c(CCCl)nc2cc(I)ccc21. The smallest absolute Gasteiger partial charge is 0.328 e. The number of esters is 1. The lowest BCUT2D eigenvalue weighted by Crippen LogP contribution is -2.20.